The summed E-state index contributed by atoms with van der Waals surface area (Å²) in [4.78, 5) is 29.6. The summed E-state index contributed by atoms with van der Waals surface area (Å²) in [6.07, 6.45) is 3.25. The van der Waals surface area contributed by atoms with Crippen molar-refractivity contribution < 1.29 is 14.3 Å². The van der Waals surface area contributed by atoms with Crippen LogP contribution in [0.2, 0.25) is 0 Å². The largest absolute Gasteiger partial charge is 0.450 e. The molecule has 0 aromatic heterocycles. The fourth-order valence-electron chi connectivity index (χ4n) is 5.18. The summed E-state index contributed by atoms with van der Waals surface area (Å²) in [5, 5.41) is 3.50. The number of carbonyl (C=O) groups excluding carboxylic acids is 2. The minimum Gasteiger partial charge on any atom is -0.450 e. The van der Waals surface area contributed by atoms with E-state index >= 15 is 0 Å². The molecule has 6 heteroatoms. The number of ether oxygens (including phenoxy) is 1. The number of hydrogen-bond donors (Lipinski definition) is 1. The van der Waals surface area contributed by atoms with Gasteiger partial charge in [-0.2, -0.15) is 0 Å². The molecular formula is C22H31N3O3. The van der Waals surface area contributed by atoms with Gasteiger partial charge in [-0.25, -0.2) is 4.79 Å². The van der Waals surface area contributed by atoms with Crippen LogP contribution in [0.5, 0.6) is 0 Å². The first-order chi connectivity index (χ1) is 13.5. The molecule has 0 radical (unpaired) electrons. The molecule has 3 aliphatic rings. The van der Waals surface area contributed by atoms with E-state index in [0.717, 1.165) is 51.1 Å². The van der Waals surface area contributed by atoms with Gasteiger partial charge in [0.1, 0.15) is 5.78 Å². The Balaban J connectivity index is 1.42. The van der Waals surface area contributed by atoms with Crippen LogP contribution in [0, 0.1) is 6.92 Å². The number of fused-ring (bicyclic) bond motifs is 2. The molecule has 2 aliphatic heterocycles. The number of Topliss-reactive ketones (excluding diaryl/α,β-unsaturated/α-hetero) is 1. The highest BCUT2D eigenvalue weighted by molar-refractivity contribution is 5.95. The molecule has 6 nitrogen and oxygen atoms in total. The van der Waals surface area contributed by atoms with E-state index in [4.69, 9.17) is 4.74 Å². The number of carbonyl (C=O) groups is 2. The molecule has 28 heavy (non-hydrogen) atoms. The Bertz CT molecular complexity index is 765. The van der Waals surface area contributed by atoms with E-state index in [1.807, 2.05) is 6.92 Å². The van der Waals surface area contributed by atoms with Crippen LogP contribution >= 0.6 is 0 Å². The summed E-state index contributed by atoms with van der Waals surface area (Å²) in [6, 6.07) is 6.59. The van der Waals surface area contributed by atoms with E-state index < -0.39 is 0 Å². The van der Waals surface area contributed by atoms with Crippen molar-refractivity contribution in [3.8, 4) is 0 Å². The molecule has 2 heterocycles. The van der Waals surface area contributed by atoms with E-state index in [0.29, 0.717) is 25.4 Å². The van der Waals surface area contributed by atoms with Gasteiger partial charge in [-0.05, 0) is 44.2 Å². The average Bonchev–Trinajstić information content (AvgIpc) is 2.89. The van der Waals surface area contributed by atoms with Gasteiger partial charge in [-0.3, -0.25) is 9.69 Å². The molecule has 1 saturated carbocycles. The molecule has 4 rings (SSSR count). The topological polar surface area (TPSA) is 61.9 Å². The van der Waals surface area contributed by atoms with Gasteiger partial charge in [0.25, 0.3) is 0 Å². The summed E-state index contributed by atoms with van der Waals surface area (Å²) >= 11 is 0. The van der Waals surface area contributed by atoms with Crippen LogP contribution in [0.1, 0.15) is 43.7 Å². The quantitative estimate of drug-likeness (QED) is 0.848. The number of anilines is 1. The maximum Gasteiger partial charge on any atom is 0.409 e. The number of ketones is 1. The lowest BCUT2D eigenvalue weighted by atomic mass is 9.68. The molecule has 1 aromatic rings. The molecule has 2 fully saturated rings. The number of amides is 1. The minimum absolute atomic E-state index is 0.216. The maximum absolute atomic E-state index is 13.3. The number of rotatable bonds is 2. The third-order valence-electron chi connectivity index (χ3n) is 6.79. The predicted octanol–water partition coefficient (Wildman–Crippen LogP) is 2.94. The molecule has 2 unspecified atom stereocenters. The lowest BCUT2D eigenvalue weighted by molar-refractivity contribution is -0.128. The Morgan fingerprint density at radius 2 is 2.14 bits per heavy atom. The molecule has 1 spiro atoms. The van der Waals surface area contributed by atoms with Crippen LogP contribution in [0.3, 0.4) is 0 Å². The standard InChI is InChI=1S/C22H31N3O3/c1-3-28-21(27)25-11-5-10-24(12-13-25)17-8-9-22(19(26)14-17)15-23-20-16(2)6-4-7-18(20)22/h4,6-7,17,23H,3,5,8-15H2,1-2H3. The molecule has 1 aliphatic carbocycles. The summed E-state index contributed by atoms with van der Waals surface area (Å²) < 4.78 is 5.15. The summed E-state index contributed by atoms with van der Waals surface area (Å²) in [5.41, 5.74) is 3.23. The minimum atomic E-state index is -0.347. The number of hydrogen-bond acceptors (Lipinski definition) is 5. The van der Waals surface area contributed by atoms with Crippen LogP contribution < -0.4 is 5.32 Å². The number of benzene rings is 1. The van der Waals surface area contributed by atoms with Crippen LogP contribution in [-0.2, 0) is 14.9 Å². The van der Waals surface area contributed by atoms with Crippen molar-refractivity contribution in [1.29, 1.82) is 0 Å². The Kier molecular flexibility index (Phi) is 5.32. The fraction of sp³-hybridized carbons (Fsp3) is 0.636. The van der Waals surface area contributed by atoms with Crippen molar-refractivity contribution in [2.45, 2.75) is 51.0 Å². The summed E-state index contributed by atoms with van der Waals surface area (Å²) in [6.45, 7) is 8.25. The van der Waals surface area contributed by atoms with Crippen LogP contribution in [-0.4, -0.2) is 67.0 Å². The van der Waals surface area contributed by atoms with Gasteiger partial charge in [-0.15, -0.1) is 0 Å². The van der Waals surface area contributed by atoms with Gasteiger partial charge in [-0.1, -0.05) is 18.2 Å². The molecule has 1 amide bonds. The first-order valence-electron chi connectivity index (χ1n) is 10.6. The van der Waals surface area contributed by atoms with Crippen molar-refractivity contribution in [3.05, 3.63) is 29.3 Å². The van der Waals surface area contributed by atoms with Gasteiger partial charge < -0.3 is 15.0 Å². The monoisotopic (exact) mass is 385 g/mol. The van der Waals surface area contributed by atoms with Gasteiger partial charge in [0.15, 0.2) is 0 Å². The van der Waals surface area contributed by atoms with E-state index in [1.54, 1.807) is 4.90 Å². The number of nitrogens with one attached hydrogen (secondary N) is 1. The van der Waals surface area contributed by atoms with Crippen molar-refractivity contribution in [3.63, 3.8) is 0 Å². The van der Waals surface area contributed by atoms with Crippen molar-refractivity contribution >= 4 is 17.6 Å². The summed E-state index contributed by atoms with van der Waals surface area (Å²) in [7, 11) is 0. The zero-order valence-electron chi connectivity index (χ0n) is 17.0. The summed E-state index contributed by atoms with van der Waals surface area (Å²) in [5.74, 6) is 0.368. The number of aryl methyl sites for hydroxylation is 1. The Morgan fingerprint density at radius 1 is 1.29 bits per heavy atom. The van der Waals surface area contributed by atoms with E-state index in [1.165, 1.54) is 11.1 Å². The second-order valence-corrected chi connectivity index (χ2v) is 8.33. The molecule has 0 bridgehead atoms. The van der Waals surface area contributed by atoms with E-state index in [2.05, 4.69) is 35.3 Å². The van der Waals surface area contributed by atoms with Crippen molar-refractivity contribution in [2.75, 3.05) is 44.6 Å². The third-order valence-corrected chi connectivity index (χ3v) is 6.79. The Morgan fingerprint density at radius 3 is 2.93 bits per heavy atom. The Hall–Kier alpha value is -2.08. The zero-order chi connectivity index (χ0) is 19.7. The molecule has 152 valence electrons. The normalized spacial score (nSPS) is 28.0. The van der Waals surface area contributed by atoms with Crippen molar-refractivity contribution in [2.24, 2.45) is 0 Å². The number of para-hydroxylation sites is 1. The molecule has 1 saturated heterocycles. The predicted molar refractivity (Wildman–Crippen MR) is 109 cm³/mol. The van der Waals surface area contributed by atoms with E-state index in [9.17, 15) is 9.59 Å². The lowest BCUT2D eigenvalue weighted by Crippen LogP contribution is -2.50. The molecule has 1 N–H and O–H groups in total. The third kappa shape index (κ3) is 3.28. The second kappa shape index (κ2) is 7.74. The zero-order valence-corrected chi connectivity index (χ0v) is 17.0. The van der Waals surface area contributed by atoms with E-state index in [-0.39, 0.29) is 17.6 Å². The highest BCUT2D eigenvalue weighted by Crippen LogP contribution is 2.46. The highest BCUT2D eigenvalue weighted by Gasteiger charge is 2.49. The number of nitrogens with zero attached hydrogens (tertiary/aromatic N) is 2. The second-order valence-electron chi connectivity index (χ2n) is 8.33. The maximum atomic E-state index is 13.3. The smallest absolute Gasteiger partial charge is 0.409 e. The highest BCUT2D eigenvalue weighted by atomic mass is 16.6. The van der Waals surface area contributed by atoms with Crippen molar-refractivity contribution in [1.82, 2.24) is 9.80 Å². The lowest BCUT2D eigenvalue weighted by Gasteiger charge is -2.40. The van der Waals surface area contributed by atoms with Crippen LogP contribution in [0.25, 0.3) is 0 Å². The van der Waals surface area contributed by atoms with Gasteiger partial charge in [0.05, 0.1) is 12.0 Å². The molecular weight excluding hydrogens is 354 g/mol. The molecule has 1 aromatic carbocycles. The van der Waals surface area contributed by atoms with Gasteiger partial charge in [0.2, 0.25) is 0 Å². The Labute approximate surface area is 167 Å². The van der Waals surface area contributed by atoms with Gasteiger partial charge in [0, 0.05) is 50.9 Å². The first-order valence-corrected chi connectivity index (χ1v) is 10.6. The average molecular weight is 386 g/mol. The van der Waals surface area contributed by atoms with Crippen LogP contribution in [0.4, 0.5) is 10.5 Å². The first kappa shape index (κ1) is 19.2. The van der Waals surface area contributed by atoms with Crippen LogP contribution in [0.15, 0.2) is 18.2 Å². The SMILES string of the molecule is CCOC(=O)N1CCCN(C2CCC3(CNc4c(C)cccc43)C(=O)C2)CC1. The van der Waals surface area contributed by atoms with Gasteiger partial charge >= 0.3 is 6.09 Å². The molecule has 2 atom stereocenters. The fourth-order valence-corrected chi connectivity index (χ4v) is 5.18.